The van der Waals surface area contributed by atoms with E-state index < -0.39 is 15.9 Å². The van der Waals surface area contributed by atoms with Crippen molar-refractivity contribution in [3.63, 3.8) is 0 Å². The molecule has 2 aliphatic rings. The third kappa shape index (κ3) is 4.04. The van der Waals surface area contributed by atoms with Crippen LogP contribution in [0.15, 0.2) is 41.3 Å². The third-order valence-electron chi connectivity index (χ3n) is 4.69. The lowest BCUT2D eigenvalue weighted by atomic mass is 10.1. The van der Waals surface area contributed by atoms with Gasteiger partial charge in [-0.05, 0) is 23.8 Å². The van der Waals surface area contributed by atoms with Gasteiger partial charge in [0.1, 0.15) is 0 Å². The zero-order valence-electron chi connectivity index (χ0n) is 15.4. The second-order valence-electron chi connectivity index (χ2n) is 6.50. The highest BCUT2D eigenvalue weighted by atomic mass is 35.5. The normalized spacial score (nSPS) is 16.6. The van der Waals surface area contributed by atoms with Gasteiger partial charge in [-0.15, -0.1) is 0 Å². The molecule has 2 aromatic carbocycles. The Morgan fingerprint density at radius 2 is 1.90 bits per heavy atom. The highest BCUT2D eigenvalue weighted by Crippen LogP contribution is 2.39. The van der Waals surface area contributed by atoms with E-state index in [9.17, 15) is 13.2 Å². The molecule has 0 bridgehead atoms. The van der Waals surface area contributed by atoms with E-state index in [0.717, 1.165) is 0 Å². The lowest BCUT2D eigenvalue weighted by molar-refractivity contribution is 0.0730. The van der Waals surface area contributed by atoms with E-state index >= 15 is 0 Å². The van der Waals surface area contributed by atoms with Crippen molar-refractivity contribution in [2.45, 2.75) is 11.4 Å². The molecule has 0 saturated carbocycles. The number of carbonyl (C=O) groups is 1. The van der Waals surface area contributed by atoms with Gasteiger partial charge in [-0.3, -0.25) is 4.79 Å². The zero-order chi connectivity index (χ0) is 20.4. The van der Waals surface area contributed by atoms with Gasteiger partial charge in [0, 0.05) is 25.2 Å². The van der Waals surface area contributed by atoms with Gasteiger partial charge in [-0.25, -0.2) is 8.42 Å². The maximum Gasteiger partial charge on any atom is 0.251 e. The molecule has 2 aliphatic heterocycles. The average Bonchev–Trinajstić information content (AvgIpc) is 3.22. The van der Waals surface area contributed by atoms with Crippen LogP contribution < -0.4 is 14.8 Å². The quantitative estimate of drug-likeness (QED) is 0.767. The molecule has 8 nitrogen and oxygen atoms in total. The molecule has 1 N–H and O–H groups in total. The molecule has 0 unspecified atom stereocenters. The van der Waals surface area contributed by atoms with Crippen LogP contribution in [0.25, 0.3) is 0 Å². The summed E-state index contributed by atoms with van der Waals surface area (Å²) in [4.78, 5) is 12.8. The molecule has 1 amide bonds. The van der Waals surface area contributed by atoms with Gasteiger partial charge < -0.3 is 19.5 Å². The van der Waals surface area contributed by atoms with Crippen LogP contribution in [0.5, 0.6) is 11.5 Å². The average molecular weight is 439 g/mol. The zero-order valence-corrected chi connectivity index (χ0v) is 17.0. The van der Waals surface area contributed by atoms with E-state index in [2.05, 4.69) is 5.32 Å². The Balaban J connectivity index is 1.52. The van der Waals surface area contributed by atoms with Crippen LogP contribution in [0.4, 0.5) is 0 Å². The number of morpholine rings is 1. The molecule has 154 valence electrons. The summed E-state index contributed by atoms with van der Waals surface area (Å²) < 4.78 is 43.2. The Kier molecular flexibility index (Phi) is 5.64. The van der Waals surface area contributed by atoms with Gasteiger partial charge in [0.25, 0.3) is 5.91 Å². The summed E-state index contributed by atoms with van der Waals surface area (Å²) in [7, 11) is -3.68. The summed E-state index contributed by atoms with van der Waals surface area (Å²) >= 11 is 6.13. The first-order valence-corrected chi connectivity index (χ1v) is 10.8. The minimum atomic E-state index is -3.68. The number of nitrogens with zero attached hydrogens (tertiary/aromatic N) is 1. The first-order valence-electron chi connectivity index (χ1n) is 9.00. The molecule has 10 heteroatoms. The van der Waals surface area contributed by atoms with Gasteiger partial charge in [0.05, 0.1) is 23.1 Å². The first kappa shape index (κ1) is 20.0. The van der Waals surface area contributed by atoms with E-state index in [1.54, 1.807) is 30.3 Å². The molecule has 2 heterocycles. The number of hydrogen-bond donors (Lipinski definition) is 1. The SMILES string of the molecule is O=C(NCc1ccccc1S(=O)(=O)N1CCOCC1)c1cc(Cl)c2c(c1)OCO2. The molecule has 29 heavy (non-hydrogen) atoms. The number of carbonyl (C=O) groups excluding carboxylic acids is 1. The van der Waals surface area contributed by atoms with Crippen molar-refractivity contribution in [2.75, 3.05) is 33.1 Å². The number of amides is 1. The van der Waals surface area contributed by atoms with Gasteiger partial charge in [0.2, 0.25) is 16.8 Å². The molecule has 0 atom stereocenters. The van der Waals surface area contributed by atoms with Crippen LogP contribution in [0.1, 0.15) is 15.9 Å². The number of hydrogen-bond acceptors (Lipinski definition) is 6. The fourth-order valence-electron chi connectivity index (χ4n) is 3.20. The summed E-state index contributed by atoms with van der Waals surface area (Å²) in [6, 6.07) is 9.65. The van der Waals surface area contributed by atoms with Gasteiger partial charge >= 0.3 is 0 Å². The standard InChI is InChI=1S/C19H19ClN2O6S/c20-15-9-14(10-16-18(15)28-12-27-16)19(23)21-11-13-3-1-2-4-17(13)29(24,25)22-5-7-26-8-6-22/h1-4,9-10H,5-8,11-12H2,(H,21,23). The van der Waals surface area contributed by atoms with Crippen molar-refractivity contribution in [3.05, 3.63) is 52.5 Å². The molecule has 0 radical (unpaired) electrons. The molecule has 1 fully saturated rings. The maximum atomic E-state index is 13.0. The highest BCUT2D eigenvalue weighted by molar-refractivity contribution is 7.89. The van der Waals surface area contributed by atoms with E-state index in [4.69, 9.17) is 25.8 Å². The van der Waals surface area contributed by atoms with Crippen LogP contribution in [-0.2, 0) is 21.3 Å². The Hall–Kier alpha value is -2.33. The maximum absolute atomic E-state index is 13.0. The number of benzene rings is 2. The first-order chi connectivity index (χ1) is 14.0. The largest absolute Gasteiger partial charge is 0.454 e. The Bertz CT molecular complexity index is 1040. The molecule has 4 rings (SSSR count). The lowest BCUT2D eigenvalue weighted by Crippen LogP contribution is -2.41. The second kappa shape index (κ2) is 8.19. The fraction of sp³-hybridized carbons (Fsp3) is 0.316. The van der Waals surface area contributed by atoms with E-state index in [1.807, 2.05) is 0 Å². The molecule has 1 saturated heterocycles. The Morgan fingerprint density at radius 1 is 1.14 bits per heavy atom. The monoisotopic (exact) mass is 438 g/mol. The lowest BCUT2D eigenvalue weighted by Gasteiger charge is -2.27. The van der Waals surface area contributed by atoms with Gasteiger partial charge in [-0.2, -0.15) is 4.31 Å². The summed E-state index contributed by atoms with van der Waals surface area (Å²) in [5.74, 6) is 0.409. The summed E-state index contributed by atoms with van der Waals surface area (Å²) in [6.07, 6.45) is 0. The van der Waals surface area contributed by atoms with Crippen molar-refractivity contribution < 1.29 is 27.4 Å². The van der Waals surface area contributed by atoms with Crippen LogP contribution in [-0.4, -0.2) is 51.7 Å². The molecular weight excluding hydrogens is 420 g/mol. The number of rotatable bonds is 5. The van der Waals surface area contributed by atoms with Crippen molar-refractivity contribution in [1.82, 2.24) is 9.62 Å². The molecule has 0 aromatic heterocycles. The van der Waals surface area contributed by atoms with Crippen molar-refractivity contribution in [1.29, 1.82) is 0 Å². The number of nitrogens with one attached hydrogen (secondary N) is 1. The third-order valence-corrected chi connectivity index (χ3v) is 6.97. The molecule has 0 spiro atoms. The Labute approximate surface area is 173 Å². The van der Waals surface area contributed by atoms with Crippen LogP contribution in [0.2, 0.25) is 5.02 Å². The highest BCUT2D eigenvalue weighted by Gasteiger charge is 2.28. The second-order valence-corrected chi connectivity index (χ2v) is 8.81. The van der Waals surface area contributed by atoms with Crippen LogP contribution in [0.3, 0.4) is 0 Å². The summed E-state index contributed by atoms with van der Waals surface area (Å²) in [5, 5.41) is 3.03. The van der Waals surface area contributed by atoms with E-state index in [1.165, 1.54) is 10.4 Å². The molecule has 2 aromatic rings. The number of fused-ring (bicyclic) bond motifs is 1. The predicted octanol–water partition coefficient (Wildman–Crippen LogP) is 2.02. The predicted molar refractivity (Wildman–Crippen MR) is 105 cm³/mol. The van der Waals surface area contributed by atoms with Crippen molar-refractivity contribution in [3.8, 4) is 11.5 Å². The van der Waals surface area contributed by atoms with E-state index in [0.29, 0.717) is 48.9 Å². The van der Waals surface area contributed by atoms with Gasteiger partial charge in [-0.1, -0.05) is 29.8 Å². The summed E-state index contributed by atoms with van der Waals surface area (Å²) in [6.45, 7) is 1.43. The van der Waals surface area contributed by atoms with Crippen molar-refractivity contribution >= 4 is 27.5 Å². The number of halogens is 1. The number of sulfonamides is 1. The fourth-order valence-corrected chi connectivity index (χ4v) is 5.10. The smallest absolute Gasteiger partial charge is 0.251 e. The van der Waals surface area contributed by atoms with Crippen LogP contribution in [0, 0.1) is 0 Å². The molecule has 0 aliphatic carbocycles. The minimum absolute atomic E-state index is 0.0463. The molecular formula is C19H19ClN2O6S. The summed E-state index contributed by atoms with van der Waals surface area (Å²) in [5.41, 5.74) is 0.798. The van der Waals surface area contributed by atoms with E-state index in [-0.39, 0.29) is 23.3 Å². The Morgan fingerprint density at radius 3 is 2.69 bits per heavy atom. The topological polar surface area (TPSA) is 94.2 Å². The number of ether oxygens (including phenoxy) is 3. The minimum Gasteiger partial charge on any atom is -0.454 e. The van der Waals surface area contributed by atoms with Crippen LogP contribution >= 0.6 is 11.6 Å². The van der Waals surface area contributed by atoms with Gasteiger partial charge in [0.15, 0.2) is 11.5 Å². The van der Waals surface area contributed by atoms with Crippen molar-refractivity contribution in [2.24, 2.45) is 0 Å².